The summed E-state index contributed by atoms with van der Waals surface area (Å²) in [4.78, 5) is 38.6. The first-order chi connectivity index (χ1) is 12.2. The normalized spacial score (nSPS) is 24.0. The molecule has 26 heavy (non-hydrogen) atoms. The molecule has 2 aliphatic heterocycles. The van der Waals surface area contributed by atoms with Gasteiger partial charge in [-0.05, 0) is 38.0 Å². The first kappa shape index (κ1) is 18.6. The lowest BCUT2D eigenvalue weighted by atomic mass is 10.00. The van der Waals surface area contributed by atoms with E-state index < -0.39 is 21.3 Å². The van der Waals surface area contributed by atoms with Gasteiger partial charge in [-0.25, -0.2) is 8.42 Å². The molecule has 0 unspecified atom stereocenters. The van der Waals surface area contributed by atoms with Crippen LogP contribution in [0.15, 0.2) is 18.2 Å². The van der Waals surface area contributed by atoms with Crippen LogP contribution in [0.3, 0.4) is 0 Å². The average molecular weight is 378 g/mol. The Morgan fingerprint density at radius 3 is 2.54 bits per heavy atom. The van der Waals surface area contributed by atoms with E-state index in [1.54, 1.807) is 6.92 Å². The molecule has 1 saturated heterocycles. The Hall–Kier alpha value is -2.22. The Morgan fingerprint density at radius 2 is 1.92 bits per heavy atom. The summed E-state index contributed by atoms with van der Waals surface area (Å²) in [5, 5.41) is 2.76. The third kappa shape index (κ3) is 3.38. The van der Waals surface area contributed by atoms with E-state index in [0.717, 1.165) is 12.8 Å². The van der Waals surface area contributed by atoms with Gasteiger partial charge in [0.05, 0.1) is 28.2 Å². The van der Waals surface area contributed by atoms with Crippen molar-refractivity contribution >= 4 is 27.6 Å². The number of fused-ring (bicyclic) bond motifs is 1. The molecular formula is C18H22N2O5S. The van der Waals surface area contributed by atoms with Crippen LogP contribution in [0.2, 0.25) is 0 Å². The van der Waals surface area contributed by atoms with Crippen molar-refractivity contribution in [3.05, 3.63) is 34.9 Å². The van der Waals surface area contributed by atoms with Gasteiger partial charge in [-0.2, -0.15) is 0 Å². The molecular weight excluding hydrogens is 356 g/mol. The molecule has 0 radical (unpaired) electrons. The summed E-state index contributed by atoms with van der Waals surface area (Å²) in [6.07, 6.45) is 1.95. The van der Waals surface area contributed by atoms with Gasteiger partial charge in [0.2, 0.25) is 0 Å². The summed E-state index contributed by atoms with van der Waals surface area (Å²) < 4.78 is 23.4. The van der Waals surface area contributed by atoms with Crippen LogP contribution in [0.4, 0.5) is 0 Å². The standard InChI is InChI=1S/C18H22N2O5S/c1-3-4-8-20-16(22)13-6-5-12(10-14(13)17(20)23)15(21)19-18(2)7-9-26(24,25)11-18/h5-6,10H,3-4,7-9,11H2,1-2H3,(H,19,21)/t18-/m1/s1. The summed E-state index contributed by atoms with van der Waals surface area (Å²) in [6.45, 7) is 4.04. The van der Waals surface area contributed by atoms with Gasteiger partial charge >= 0.3 is 0 Å². The third-order valence-electron chi connectivity index (χ3n) is 4.89. The summed E-state index contributed by atoms with van der Waals surface area (Å²) in [5.41, 5.74) is -0.0462. The Kier molecular flexibility index (Phi) is 4.64. The topological polar surface area (TPSA) is 101 Å². The number of carbonyl (C=O) groups is 3. The maximum Gasteiger partial charge on any atom is 0.261 e. The number of hydrogen-bond donors (Lipinski definition) is 1. The minimum Gasteiger partial charge on any atom is -0.346 e. The fourth-order valence-electron chi connectivity index (χ4n) is 3.41. The maximum atomic E-state index is 12.5. The molecule has 140 valence electrons. The molecule has 0 bridgehead atoms. The van der Waals surface area contributed by atoms with Crippen LogP contribution in [0.1, 0.15) is 64.2 Å². The SMILES string of the molecule is CCCCN1C(=O)c2ccc(C(=O)N[C@]3(C)CCS(=O)(=O)C3)cc2C1=O. The molecule has 1 atom stereocenters. The van der Waals surface area contributed by atoms with E-state index in [1.807, 2.05) is 6.92 Å². The number of nitrogens with zero attached hydrogens (tertiary/aromatic N) is 1. The molecule has 0 saturated carbocycles. The Bertz CT molecular complexity index is 893. The molecule has 0 aromatic heterocycles. The molecule has 8 heteroatoms. The molecule has 0 spiro atoms. The van der Waals surface area contributed by atoms with E-state index in [-0.39, 0.29) is 34.4 Å². The quantitative estimate of drug-likeness (QED) is 0.781. The highest BCUT2D eigenvalue weighted by Crippen LogP contribution is 2.26. The highest BCUT2D eigenvalue weighted by molar-refractivity contribution is 7.91. The van der Waals surface area contributed by atoms with E-state index in [0.29, 0.717) is 18.5 Å². The van der Waals surface area contributed by atoms with Crippen molar-refractivity contribution in [1.82, 2.24) is 10.2 Å². The van der Waals surface area contributed by atoms with Gasteiger partial charge in [0.1, 0.15) is 0 Å². The lowest BCUT2D eigenvalue weighted by Crippen LogP contribution is -2.46. The molecule has 2 aliphatic rings. The Labute approximate surface area is 152 Å². The van der Waals surface area contributed by atoms with Crippen LogP contribution in [-0.4, -0.2) is 54.6 Å². The predicted octanol–water partition coefficient (Wildman–Crippen LogP) is 1.39. The number of amides is 3. The second-order valence-corrected chi connectivity index (χ2v) is 9.42. The van der Waals surface area contributed by atoms with E-state index in [4.69, 9.17) is 0 Å². The smallest absolute Gasteiger partial charge is 0.261 e. The molecule has 3 rings (SSSR count). The first-order valence-corrected chi connectivity index (χ1v) is 10.5. The molecule has 1 aromatic carbocycles. The van der Waals surface area contributed by atoms with Crippen molar-refractivity contribution in [3.63, 3.8) is 0 Å². The fraction of sp³-hybridized carbons (Fsp3) is 0.500. The van der Waals surface area contributed by atoms with Gasteiger partial charge in [0.15, 0.2) is 9.84 Å². The summed E-state index contributed by atoms with van der Waals surface area (Å²) in [6, 6.07) is 4.41. The molecule has 2 heterocycles. The van der Waals surface area contributed by atoms with Gasteiger partial charge in [-0.15, -0.1) is 0 Å². The van der Waals surface area contributed by atoms with Crippen molar-refractivity contribution in [1.29, 1.82) is 0 Å². The minimum atomic E-state index is -3.14. The maximum absolute atomic E-state index is 12.5. The first-order valence-electron chi connectivity index (χ1n) is 8.69. The zero-order valence-corrected chi connectivity index (χ0v) is 15.7. The van der Waals surface area contributed by atoms with Gasteiger partial charge in [-0.1, -0.05) is 13.3 Å². The zero-order chi connectivity index (χ0) is 19.1. The predicted molar refractivity (Wildman–Crippen MR) is 95.9 cm³/mol. The second kappa shape index (κ2) is 6.50. The zero-order valence-electron chi connectivity index (χ0n) is 14.9. The summed E-state index contributed by atoms with van der Waals surface area (Å²) >= 11 is 0. The summed E-state index contributed by atoms with van der Waals surface area (Å²) in [5.74, 6) is -1.21. The molecule has 1 N–H and O–H groups in total. The van der Waals surface area contributed by atoms with E-state index in [2.05, 4.69) is 5.32 Å². The number of sulfone groups is 1. The lowest BCUT2D eigenvalue weighted by Gasteiger charge is -2.23. The van der Waals surface area contributed by atoms with Crippen molar-refractivity contribution in [2.45, 2.75) is 38.6 Å². The van der Waals surface area contributed by atoms with E-state index in [9.17, 15) is 22.8 Å². The number of imide groups is 1. The van der Waals surface area contributed by atoms with Crippen LogP contribution in [0.25, 0.3) is 0 Å². The average Bonchev–Trinajstić information content (AvgIpc) is 2.99. The van der Waals surface area contributed by atoms with Crippen molar-refractivity contribution in [3.8, 4) is 0 Å². The molecule has 7 nitrogen and oxygen atoms in total. The Morgan fingerprint density at radius 1 is 1.23 bits per heavy atom. The van der Waals surface area contributed by atoms with Gasteiger partial charge in [0, 0.05) is 12.1 Å². The number of nitrogens with one attached hydrogen (secondary N) is 1. The van der Waals surface area contributed by atoms with Crippen molar-refractivity contribution in [2.24, 2.45) is 0 Å². The number of unbranched alkanes of at least 4 members (excludes halogenated alkanes) is 1. The van der Waals surface area contributed by atoms with Crippen LogP contribution in [0.5, 0.6) is 0 Å². The molecule has 1 fully saturated rings. The number of rotatable bonds is 5. The van der Waals surface area contributed by atoms with Crippen LogP contribution in [-0.2, 0) is 9.84 Å². The number of benzene rings is 1. The number of hydrogen-bond acceptors (Lipinski definition) is 5. The monoisotopic (exact) mass is 378 g/mol. The van der Waals surface area contributed by atoms with Crippen molar-refractivity contribution < 1.29 is 22.8 Å². The van der Waals surface area contributed by atoms with Crippen LogP contribution in [0, 0.1) is 0 Å². The minimum absolute atomic E-state index is 0.0490. The highest BCUT2D eigenvalue weighted by Gasteiger charge is 2.40. The molecule has 1 aromatic rings. The third-order valence-corrected chi connectivity index (χ3v) is 6.79. The highest BCUT2D eigenvalue weighted by atomic mass is 32.2. The van der Waals surface area contributed by atoms with Gasteiger partial charge in [-0.3, -0.25) is 19.3 Å². The number of carbonyl (C=O) groups excluding carboxylic acids is 3. The van der Waals surface area contributed by atoms with Gasteiger partial charge < -0.3 is 5.32 Å². The molecule has 3 amide bonds. The van der Waals surface area contributed by atoms with Crippen molar-refractivity contribution in [2.75, 3.05) is 18.1 Å². The van der Waals surface area contributed by atoms with E-state index in [1.165, 1.54) is 23.1 Å². The lowest BCUT2D eigenvalue weighted by molar-refractivity contribution is 0.0652. The van der Waals surface area contributed by atoms with Gasteiger partial charge in [0.25, 0.3) is 17.7 Å². The summed E-state index contributed by atoms with van der Waals surface area (Å²) in [7, 11) is -3.14. The second-order valence-electron chi connectivity index (χ2n) is 7.23. The molecule has 0 aliphatic carbocycles. The van der Waals surface area contributed by atoms with Crippen LogP contribution < -0.4 is 5.32 Å². The van der Waals surface area contributed by atoms with E-state index >= 15 is 0 Å². The largest absolute Gasteiger partial charge is 0.346 e. The fourth-order valence-corrected chi connectivity index (χ4v) is 5.50. The van der Waals surface area contributed by atoms with Crippen LogP contribution >= 0.6 is 0 Å². The Balaban J connectivity index is 1.80.